The molecule has 1 atom stereocenters. The monoisotopic (exact) mass is 277 g/mol. The van der Waals surface area contributed by atoms with E-state index in [9.17, 15) is 14.7 Å². The average Bonchev–Trinajstić information content (AvgIpc) is 2.45. The van der Waals surface area contributed by atoms with Gasteiger partial charge in [-0.25, -0.2) is 0 Å². The number of anilines is 1. The van der Waals surface area contributed by atoms with Gasteiger partial charge in [-0.2, -0.15) is 0 Å². The van der Waals surface area contributed by atoms with Gasteiger partial charge in [0.25, 0.3) is 0 Å². The summed E-state index contributed by atoms with van der Waals surface area (Å²) in [6, 6.07) is 7.05. The average molecular weight is 277 g/mol. The Kier molecular flexibility index (Phi) is 4.36. The van der Waals surface area contributed by atoms with Crippen molar-refractivity contribution in [2.24, 2.45) is 0 Å². The van der Waals surface area contributed by atoms with E-state index in [0.717, 1.165) is 5.56 Å². The molecule has 108 valence electrons. The van der Waals surface area contributed by atoms with Gasteiger partial charge in [0.15, 0.2) is 0 Å². The minimum Gasteiger partial charge on any atom is -0.387 e. The van der Waals surface area contributed by atoms with Gasteiger partial charge in [-0.15, -0.1) is 0 Å². The van der Waals surface area contributed by atoms with Gasteiger partial charge in [-0.3, -0.25) is 9.59 Å². The van der Waals surface area contributed by atoms with Gasteiger partial charge in [-0.1, -0.05) is 12.1 Å². The highest BCUT2D eigenvalue weighted by Gasteiger charge is 2.31. The van der Waals surface area contributed by atoms with Gasteiger partial charge in [0, 0.05) is 32.4 Å². The van der Waals surface area contributed by atoms with Crippen LogP contribution in [0.3, 0.4) is 0 Å². The first-order chi connectivity index (χ1) is 9.54. The van der Waals surface area contributed by atoms with E-state index < -0.39 is 17.9 Å². The van der Waals surface area contributed by atoms with E-state index in [2.05, 4.69) is 5.32 Å². The van der Waals surface area contributed by atoms with Gasteiger partial charge < -0.3 is 20.2 Å². The Morgan fingerprint density at radius 1 is 1.20 bits per heavy atom. The summed E-state index contributed by atoms with van der Waals surface area (Å²) in [5.41, 5.74) is 1.45. The third-order valence-electron chi connectivity index (χ3n) is 3.42. The highest BCUT2D eigenvalue weighted by Crippen LogP contribution is 2.21. The molecule has 20 heavy (non-hydrogen) atoms. The lowest BCUT2D eigenvalue weighted by atomic mass is 10.1. The van der Waals surface area contributed by atoms with Crippen LogP contribution in [-0.2, 0) is 9.59 Å². The van der Waals surface area contributed by atoms with Crippen molar-refractivity contribution in [1.82, 2.24) is 10.2 Å². The van der Waals surface area contributed by atoms with Crippen molar-refractivity contribution in [2.45, 2.75) is 6.10 Å². The van der Waals surface area contributed by atoms with E-state index >= 15 is 0 Å². The fraction of sp³-hybridized carbons (Fsp3) is 0.429. The highest BCUT2D eigenvalue weighted by atomic mass is 16.3. The summed E-state index contributed by atoms with van der Waals surface area (Å²) in [5.74, 6) is -1.00. The molecular formula is C14H19N3O3. The van der Waals surface area contributed by atoms with Crippen LogP contribution in [0.2, 0.25) is 0 Å². The number of nitrogens with zero attached hydrogens (tertiary/aromatic N) is 2. The lowest BCUT2D eigenvalue weighted by molar-refractivity contribution is -0.145. The van der Waals surface area contributed by atoms with Crippen LogP contribution in [0, 0.1) is 0 Å². The summed E-state index contributed by atoms with van der Waals surface area (Å²) in [6.45, 7) is 1.47. The molecule has 1 aromatic rings. The molecule has 0 bridgehead atoms. The van der Waals surface area contributed by atoms with Gasteiger partial charge in [0.1, 0.15) is 0 Å². The Morgan fingerprint density at radius 2 is 1.85 bits per heavy atom. The normalized spacial score (nSPS) is 17.6. The third-order valence-corrected chi connectivity index (χ3v) is 3.42. The van der Waals surface area contributed by atoms with Crippen molar-refractivity contribution >= 4 is 17.5 Å². The number of hydrogen-bond acceptors (Lipinski definition) is 4. The Labute approximate surface area is 118 Å². The standard InChI is InChI=1S/C14H19N3O3/c1-15-9-12(18)10-3-5-11(6-4-10)17-8-7-16(2)13(19)14(17)20/h3-6,12,15,18H,7-9H2,1-2H3. The van der Waals surface area contributed by atoms with E-state index in [1.54, 1.807) is 38.4 Å². The Balaban J connectivity index is 2.14. The molecule has 0 aliphatic carbocycles. The Morgan fingerprint density at radius 3 is 2.45 bits per heavy atom. The summed E-state index contributed by atoms with van der Waals surface area (Å²) < 4.78 is 0. The van der Waals surface area contributed by atoms with E-state index in [1.165, 1.54) is 9.80 Å². The van der Waals surface area contributed by atoms with E-state index in [1.807, 2.05) is 0 Å². The van der Waals surface area contributed by atoms with Crippen LogP contribution >= 0.6 is 0 Å². The molecule has 2 amide bonds. The molecule has 1 aliphatic rings. The number of aliphatic hydroxyl groups excluding tert-OH is 1. The summed E-state index contributed by atoms with van der Waals surface area (Å²) in [6.07, 6.45) is -0.584. The summed E-state index contributed by atoms with van der Waals surface area (Å²) in [7, 11) is 3.39. The molecule has 1 fully saturated rings. The molecule has 6 nitrogen and oxygen atoms in total. The molecule has 0 saturated carbocycles. The lowest BCUT2D eigenvalue weighted by Crippen LogP contribution is -2.53. The third kappa shape index (κ3) is 2.81. The topological polar surface area (TPSA) is 72.9 Å². The summed E-state index contributed by atoms with van der Waals surface area (Å²) in [5, 5.41) is 12.7. The van der Waals surface area contributed by atoms with Crippen molar-refractivity contribution in [3.63, 3.8) is 0 Å². The minimum atomic E-state index is -0.584. The number of hydrogen-bond donors (Lipinski definition) is 2. The molecule has 0 spiro atoms. The fourth-order valence-corrected chi connectivity index (χ4v) is 2.17. The molecule has 1 saturated heterocycles. The van der Waals surface area contributed by atoms with E-state index in [0.29, 0.717) is 25.3 Å². The van der Waals surface area contributed by atoms with Gasteiger partial charge in [-0.05, 0) is 24.7 Å². The maximum Gasteiger partial charge on any atom is 0.316 e. The van der Waals surface area contributed by atoms with Crippen LogP contribution in [0.15, 0.2) is 24.3 Å². The zero-order chi connectivity index (χ0) is 14.7. The first-order valence-electron chi connectivity index (χ1n) is 6.54. The van der Waals surface area contributed by atoms with Crippen LogP contribution < -0.4 is 10.2 Å². The minimum absolute atomic E-state index is 0.464. The van der Waals surface area contributed by atoms with Crippen molar-refractivity contribution < 1.29 is 14.7 Å². The first kappa shape index (κ1) is 14.5. The van der Waals surface area contributed by atoms with Crippen molar-refractivity contribution in [3.8, 4) is 0 Å². The molecule has 6 heteroatoms. The second-order valence-corrected chi connectivity index (χ2v) is 4.85. The van der Waals surface area contributed by atoms with E-state index in [4.69, 9.17) is 0 Å². The number of rotatable bonds is 4. The molecule has 1 unspecified atom stereocenters. The number of piperazine rings is 1. The smallest absolute Gasteiger partial charge is 0.316 e. The van der Waals surface area contributed by atoms with Crippen LogP contribution in [0.1, 0.15) is 11.7 Å². The Bertz CT molecular complexity index is 501. The zero-order valence-electron chi connectivity index (χ0n) is 11.7. The summed E-state index contributed by atoms with van der Waals surface area (Å²) >= 11 is 0. The van der Waals surface area contributed by atoms with Gasteiger partial charge in [0.2, 0.25) is 0 Å². The number of carbonyl (C=O) groups is 2. The molecule has 1 heterocycles. The number of carbonyl (C=O) groups excluding carboxylic acids is 2. The molecule has 0 aromatic heterocycles. The first-order valence-corrected chi connectivity index (χ1v) is 6.54. The van der Waals surface area contributed by atoms with Crippen LogP contribution in [0.5, 0.6) is 0 Å². The second-order valence-electron chi connectivity index (χ2n) is 4.85. The van der Waals surface area contributed by atoms with Crippen LogP contribution in [0.25, 0.3) is 0 Å². The van der Waals surface area contributed by atoms with Crippen molar-refractivity contribution in [3.05, 3.63) is 29.8 Å². The largest absolute Gasteiger partial charge is 0.387 e. The van der Waals surface area contributed by atoms with Gasteiger partial charge in [0.05, 0.1) is 6.10 Å². The van der Waals surface area contributed by atoms with Crippen LogP contribution in [-0.4, -0.2) is 55.6 Å². The van der Waals surface area contributed by atoms with E-state index in [-0.39, 0.29) is 0 Å². The SMILES string of the molecule is CNCC(O)c1ccc(N2CCN(C)C(=O)C2=O)cc1. The number of nitrogens with one attached hydrogen (secondary N) is 1. The molecule has 2 rings (SSSR count). The quantitative estimate of drug-likeness (QED) is 0.744. The molecular weight excluding hydrogens is 258 g/mol. The predicted octanol–water partition coefficient (Wildman–Crippen LogP) is -0.256. The van der Waals surface area contributed by atoms with Crippen molar-refractivity contribution in [1.29, 1.82) is 0 Å². The Hall–Kier alpha value is -1.92. The second kappa shape index (κ2) is 6.02. The number of benzene rings is 1. The highest BCUT2D eigenvalue weighted by molar-refractivity contribution is 6.40. The maximum absolute atomic E-state index is 11.9. The predicted molar refractivity (Wildman–Crippen MR) is 75.3 cm³/mol. The fourth-order valence-electron chi connectivity index (χ4n) is 2.17. The molecule has 1 aliphatic heterocycles. The number of likely N-dealkylation sites (N-methyl/N-ethyl adjacent to an activating group) is 2. The lowest BCUT2D eigenvalue weighted by Gasteiger charge is -2.31. The number of aliphatic hydroxyl groups is 1. The van der Waals surface area contributed by atoms with Gasteiger partial charge >= 0.3 is 11.8 Å². The molecule has 1 aromatic carbocycles. The molecule has 2 N–H and O–H groups in total. The maximum atomic E-state index is 11.9. The summed E-state index contributed by atoms with van der Waals surface area (Å²) in [4.78, 5) is 26.5. The zero-order valence-corrected chi connectivity index (χ0v) is 11.7. The van der Waals surface area contributed by atoms with Crippen molar-refractivity contribution in [2.75, 3.05) is 38.6 Å². The molecule has 0 radical (unpaired) electrons. The van der Waals surface area contributed by atoms with Crippen LogP contribution in [0.4, 0.5) is 5.69 Å². The number of amides is 2.